The Bertz CT molecular complexity index is 476. The zero-order valence-electron chi connectivity index (χ0n) is 11.5. The van der Waals surface area contributed by atoms with Crippen LogP contribution in [0.15, 0.2) is 18.2 Å². The molecule has 1 spiro atoms. The van der Waals surface area contributed by atoms with Crippen LogP contribution in [0.1, 0.15) is 57.1 Å². The Morgan fingerprint density at radius 3 is 3.05 bits per heavy atom. The van der Waals surface area contributed by atoms with E-state index in [0.29, 0.717) is 0 Å². The average molecular weight is 280 g/mol. The van der Waals surface area contributed by atoms with Crippen LogP contribution in [0.25, 0.3) is 0 Å². The van der Waals surface area contributed by atoms with Gasteiger partial charge in [-0.15, -0.1) is 0 Å². The fourth-order valence-corrected chi connectivity index (χ4v) is 3.94. The van der Waals surface area contributed by atoms with E-state index in [1.807, 2.05) is 18.2 Å². The smallest absolute Gasteiger partial charge is 0.125 e. The summed E-state index contributed by atoms with van der Waals surface area (Å²) in [5.41, 5.74) is 7.41. The van der Waals surface area contributed by atoms with Crippen molar-refractivity contribution in [2.24, 2.45) is 11.7 Å². The SMILES string of the molecule is CCC1CCCC2(C1)C[C@H](N)c1cc(Cl)ccc1O2. The van der Waals surface area contributed by atoms with Crippen molar-refractivity contribution >= 4 is 11.6 Å². The molecule has 2 nitrogen and oxygen atoms in total. The molecule has 1 fully saturated rings. The first-order chi connectivity index (χ1) is 9.12. The second-order valence-corrected chi connectivity index (χ2v) is 6.58. The summed E-state index contributed by atoms with van der Waals surface area (Å²) in [6, 6.07) is 5.88. The van der Waals surface area contributed by atoms with Gasteiger partial charge in [-0.2, -0.15) is 0 Å². The van der Waals surface area contributed by atoms with Gasteiger partial charge in [0.05, 0.1) is 0 Å². The third-order valence-electron chi connectivity index (χ3n) is 4.77. The summed E-state index contributed by atoms with van der Waals surface area (Å²) in [5.74, 6) is 1.73. The highest BCUT2D eigenvalue weighted by Gasteiger charge is 2.43. The van der Waals surface area contributed by atoms with Crippen LogP contribution in [0.5, 0.6) is 5.75 Å². The monoisotopic (exact) mass is 279 g/mol. The lowest BCUT2D eigenvalue weighted by atomic mass is 9.72. The summed E-state index contributed by atoms with van der Waals surface area (Å²) in [6.45, 7) is 2.28. The molecular weight excluding hydrogens is 258 g/mol. The number of benzene rings is 1. The Kier molecular flexibility index (Phi) is 3.48. The maximum absolute atomic E-state index is 6.38. The third-order valence-corrected chi connectivity index (χ3v) is 5.01. The van der Waals surface area contributed by atoms with Crippen molar-refractivity contribution in [3.8, 4) is 5.75 Å². The van der Waals surface area contributed by atoms with E-state index in [-0.39, 0.29) is 11.6 Å². The molecule has 1 heterocycles. The molecule has 0 aromatic heterocycles. The number of hydrogen-bond donors (Lipinski definition) is 1. The summed E-state index contributed by atoms with van der Waals surface area (Å²) in [7, 11) is 0. The van der Waals surface area contributed by atoms with Crippen molar-refractivity contribution in [2.75, 3.05) is 0 Å². The fraction of sp³-hybridized carbons (Fsp3) is 0.625. The van der Waals surface area contributed by atoms with Crippen LogP contribution in [-0.4, -0.2) is 5.60 Å². The van der Waals surface area contributed by atoms with Gasteiger partial charge in [0, 0.05) is 23.0 Å². The predicted molar refractivity (Wildman–Crippen MR) is 78.6 cm³/mol. The Morgan fingerprint density at radius 2 is 2.26 bits per heavy atom. The first-order valence-electron chi connectivity index (χ1n) is 7.36. The molecule has 3 rings (SSSR count). The van der Waals surface area contributed by atoms with Crippen molar-refractivity contribution in [3.63, 3.8) is 0 Å². The summed E-state index contributed by atoms with van der Waals surface area (Å²) < 4.78 is 6.38. The van der Waals surface area contributed by atoms with Crippen molar-refractivity contribution in [2.45, 2.75) is 57.1 Å². The van der Waals surface area contributed by atoms with E-state index in [2.05, 4.69) is 6.92 Å². The van der Waals surface area contributed by atoms with E-state index in [1.165, 1.54) is 19.3 Å². The number of hydrogen-bond acceptors (Lipinski definition) is 2. The van der Waals surface area contributed by atoms with E-state index >= 15 is 0 Å². The van der Waals surface area contributed by atoms with Crippen LogP contribution < -0.4 is 10.5 Å². The maximum Gasteiger partial charge on any atom is 0.125 e. The first kappa shape index (κ1) is 13.3. The van der Waals surface area contributed by atoms with Crippen LogP contribution in [0.2, 0.25) is 5.02 Å². The van der Waals surface area contributed by atoms with E-state index in [4.69, 9.17) is 22.1 Å². The van der Waals surface area contributed by atoms with Crippen molar-refractivity contribution < 1.29 is 4.74 Å². The summed E-state index contributed by atoms with van der Waals surface area (Å²) in [4.78, 5) is 0. The molecule has 0 saturated heterocycles. The normalized spacial score (nSPS) is 33.8. The maximum atomic E-state index is 6.38. The summed E-state index contributed by atoms with van der Waals surface area (Å²) in [6.07, 6.45) is 7.06. The highest BCUT2D eigenvalue weighted by molar-refractivity contribution is 6.30. The highest BCUT2D eigenvalue weighted by Crippen LogP contribution is 2.47. The third kappa shape index (κ3) is 2.48. The predicted octanol–water partition coefficient (Wildman–Crippen LogP) is 4.46. The minimum Gasteiger partial charge on any atom is -0.487 e. The van der Waals surface area contributed by atoms with Gasteiger partial charge in [0.1, 0.15) is 11.4 Å². The number of ether oxygens (including phenoxy) is 1. The van der Waals surface area contributed by atoms with Crippen LogP contribution in [-0.2, 0) is 0 Å². The molecule has 3 atom stereocenters. The van der Waals surface area contributed by atoms with Gasteiger partial charge in [-0.25, -0.2) is 0 Å². The van der Waals surface area contributed by atoms with E-state index < -0.39 is 0 Å². The fourth-order valence-electron chi connectivity index (χ4n) is 3.76. The molecular formula is C16H22ClNO. The molecule has 1 aromatic carbocycles. The second-order valence-electron chi connectivity index (χ2n) is 6.15. The zero-order valence-corrected chi connectivity index (χ0v) is 12.2. The lowest BCUT2D eigenvalue weighted by molar-refractivity contribution is -0.0175. The largest absolute Gasteiger partial charge is 0.487 e. The number of rotatable bonds is 1. The van der Waals surface area contributed by atoms with E-state index in [1.54, 1.807) is 0 Å². The number of fused-ring (bicyclic) bond motifs is 1. The summed E-state index contributed by atoms with van der Waals surface area (Å²) in [5, 5.41) is 0.740. The van der Waals surface area contributed by atoms with Gasteiger partial charge >= 0.3 is 0 Å². The van der Waals surface area contributed by atoms with E-state index in [0.717, 1.165) is 41.5 Å². The van der Waals surface area contributed by atoms with Crippen molar-refractivity contribution in [3.05, 3.63) is 28.8 Å². The van der Waals surface area contributed by atoms with E-state index in [9.17, 15) is 0 Å². The van der Waals surface area contributed by atoms with Crippen LogP contribution in [0.4, 0.5) is 0 Å². The highest BCUT2D eigenvalue weighted by atomic mass is 35.5. The van der Waals surface area contributed by atoms with Crippen LogP contribution in [0.3, 0.4) is 0 Å². The topological polar surface area (TPSA) is 35.2 Å². The Labute approximate surface area is 120 Å². The molecule has 19 heavy (non-hydrogen) atoms. The second kappa shape index (κ2) is 4.99. The Morgan fingerprint density at radius 1 is 1.42 bits per heavy atom. The van der Waals surface area contributed by atoms with Gasteiger partial charge in [0.2, 0.25) is 0 Å². The lowest BCUT2D eigenvalue weighted by Gasteiger charge is -2.46. The van der Waals surface area contributed by atoms with Gasteiger partial charge in [0.25, 0.3) is 0 Å². The van der Waals surface area contributed by atoms with Gasteiger partial charge < -0.3 is 10.5 Å². The molecule has 2 aliphatic rings. The Balaban J connectivity index is 1.89. The molecule has 0 amide bonds. The van der Waals surface area contributed by atoms with Crippen LogP contribution >= 0.6 is 11.6 Å². The minimum atomic E-state index is -0.0286. The van der Waals surface area contributed by atoms with Crippen LogP contribution in [0, 0.1) is 5.92 Å². The summed E-state index contributed by atoms with van der Waals surface area (Å²) >= 11 is 6.05. The molecule has 1 aliphatic carbocycles. The first-order valence-corrected chi connectivity index (χ1v) is 7.74. The molecule has 0 bridgehead atoms. The molecule has 2 N–H and O–H groups in total. The zero-order chi connectivity index (χ0) is 13.5. The lowest BCUT2D eigenvalue weighted by Crippen LogP contribution is -2.46. The molecule has 1 aliphatic heterocycles. The minimum absolute atomic E-state index is 0.0286. The standard InChI is InChI=1S/C16H22ClNO/c1-2-11-4-3-7-16(9-11)10-14(18)13-8-12(17)5-6-15(13)19-16/h5-6,8,11,14H,2-4,7,9-10,18H2,1H3/t11?,14-,16?/m0/s1. The molecule has 1 aromatic rings. The quantitative estimate of drug-likeness (QED) is 0.824. The van der Waals surface area contributed by atoms with Gasteiger partial charge in [-0.05, 0) is 43.4 Å². The molecule has 1 saturated carbocycles. The van der Waals surface area contributed by atoms with Crippen molar-refractivity contribution in [1.82, 2.24) is 0 Å². The Hall–Kier alpha value is -0.730. The van der Waals surface area contributed by atoms with Gasteiger partial charge in [0.15, 0.2) is 0 Å². The molecule has 104 valence electrons. The molecule has 0 radical (unpaired) electrons. The molecule has 2 unspecified atom stereocenters. The van der Waals surface area contributed by atoms with Crippen molar-refractivity contribution in [1.29, 1.82) is 0 Å². The van der Waals surface area contributed by atoms with Gasteiger partial charge in [-0.3, -0.25) is 0 Å². The average Bonchev–Trinajstić information content (AvgIpc) is 2.40. The number of nitrogens with two attached hydrogens (primary N) is 1. The number of halogens is 1. The van der Waals surface area contributed by atoms with Gasteiger partial charge in [-0.1, -0.05) is 31.4 Å². The molecule has 3 heteroatoms.